The van der Waals surface area contributed by atoms with Gasteiger partial charge in [-0.25, -0.2) is 8.42 Å². The van der Waals surface area contributed by atoms with Crippen LogP contribution in [0.5, 0.6) is 5.75 Å². The van der Waals surface area contributed by atoms with Crippen molar-refractivity contribution in [3.8, 4) is 5.75 Å². The summed E-state index contributed by atoms with van der Waals surface area (Å²) < 4.78 is 85.5. The van der Waals surface area contributed by atoms with Crippen LogP contribution in [-0.4, -0.2) is 26.4 Å². The number of rotatable bonds is 3. The molecular weight excluding hydrogens is 392 g/mol. The van der Waals surface area contributed by atoms with Crippen molar-refractivity contribution in [2.75, 3.05) is 11.4 Å². The summed E-state index contributed by atoms with van der Waals surface area (Å²) in [6.07, 6.45) is 0. The van der Waals surface area contributed by atoms with Crippen molar-refractivity contribution < 1.29 is 35.5 Å². The highest BCUT2D eigenvalue weighted by atomic mass is 32.2. The minimum Gasteiger partial charge on any atom is -0.497 e. The molecule has 0 N–H and O–H groups in total. The number of ether oxygens (including phenoxy) is 1. The average molecular weight is 404 g/mol. The van der Waals surface area contributed by atoms with Crippen LogP contribution in [0.25, 0.3) is 0 Å². The lowest BCUT2D eigenvalue weighted by atomic mass is 9.96. The first kappa shape index (κ1) is 19.1. The predicted molar refractivity (Wildman–Crippen MR) is 85.1 cm³/mol. The topological polar surface area (TPSA) is 76.6 Å². The molecule has 11 heteroatoms. The maximum atomic E-state index is 14.1. The second-order valence-electron chi connectivity index (χ2n) is 5.99. The van der Waals surface area contributed by atoms with Crippen molar-refractivity contribution in [1.29, 1.82) is 0 Å². The van der Waals surface area contributed by atoms with E-state index in [9.17, 15) is 30.8 Å². The second-order valence-corrected chi connectivity index (χ2v) is 7.74. The monoisotopic (exact) mass is 404 g/mol. The fourth-order valence-corrected chi connectivity index (χ4v) is 4.44. The van der Waals surface area contributed by atoms with Gasteiger partial charge in [0, 0.05) is 6.07 Å². The zero-order valence-electron chi connectivity index (χ0n) is 14.2. The molecule has 2 aromatic rings. The average Bonchev–Trinajstić information content (AvgIpc) is 2.80. The van der Waals surface area contributed by atoms with E-state index in [4.69, 9.17) is 4.74 Å². The molecule has 0 saturated heterocycles. The number of carbonyl (C=O) groups excluding carboxylic acids is 1. The fourth-order valence-electron chi connectivity index (χ4n) is 2.80. The summed E-state index contributed by atoms with van der Waals surface area (Å²) in [6, 6.07) is 2.40. The summed E-state index contributed by atoms with van der Waals surface area (Å²) >= 11 is 0. The van der Waals surface area contributed by atoms with Crippen molar-refractivity contribution >= 4 is 21.6 Å². The molecule has 0 fully saturated rings. The maximum absolute atomic E-state index is 14.1. The highest BCUT2D eigenvalue weighted by molar-refractivity contribution is 7.94. The number of methoxy groups -OCH3 is 1. The fraction of sp³-hybridized carbons (Fsp3) is 0.250. The number of amides is 1. The van der Waals surface area contributed by atoms with E-state index in [2.05, 4.69) is 4.98 Å². The Balaban J connectivity index is 2.38. The normalized spacial score (nSPS) is 15.4. The number of nitrogens with zero attached hydrogens (tertiary/aromatic N) is 2. The Bertz CT molecular complexity index is 1060. The molecule has 6 nitrogen and oxygen atoms in total. The molecule has 1 aromatic carbocycles. The lowest BCUT2D eigenvalue weighted by molar-refractivity contribution is 0.100. The van der Waals surface area contributed by atoms with Crippen LogP contribution in [0.2, 0.25) is 0 Å². The van der Waals surface area contributed by atoms with Crippen molar-refractivity contribution in [2.45, 2.75) is 24.7 Å². The second kappa shape index (κ2) is 6.19. The number of hydrogen-bond donors (Lipinski definition) is 0. The van der Waals surface area contributed by atoms with E-state index in [1.165, 1.54) is 13.2 Å². The molecule has 0 radical (unpaired) electrons. The molecule has 0 bridgehead atoms. The molecule has 144 valence electrons. The maximum Gasteiger partial charge on any atom is 0.274 e. The number of benzene rings is 1. The molecule has 27 heavy (non-hydrogen) atoms. The van der Waals surface area contributed by atoms with Crippen LogP contribution in [0, 0.1) is 23.5 Å². The van der Waals surface area contributed by atoms with Crippen LogP contribution in [0.1, 0.15) is 35.7 Å². The van der Waals surface area contributed by atoms with Gasteiger partial charge >= 0.3 is 0 Å². The largest absolute Gasteiger partial charge is 0.497 e. The quantitative estimate of drug-likeness (QED) is 0.580. The van der Waals surface area contributed by atoms with E-state index in [0.29, 0.717) is 0 Å². The first-order chi connectivity index (χ1) is 12.5. The first-order valence-corrected chi connectivity index (χ1v) is 8.98. The van der Waals surface area contributed by atoms with Gasteiger partial charge in [0.2, 0.25) is 11.6 Å². The Morgan fingerprint density at radius 3 is 2.11 bits per heavy atom. The van der Waals surface area contributed by atoms with Crippen LogP contribution in [0.4, 0.5) is 23.2 Å². The van der Waals surface area contributed by atoms with Gasteiger partial charge in [0.1, 0.15) is 16.3 Å². The number of hydrogen-bond acceptors (Lipinski definition) is 5. The minimum atomic E-state index is -4.85. The van der Waals surface area contributed by atoms with Crippen LogP contribution in [0.3, 0.4) is 0 Å². The minimum absolute atomic E-state index is 0.0868. The summed E-state index contributed by atoms with van der Waals surface area (Å²) in [5.41, 5.74) is -1.80. The van der Waals surface area contributed by atoms with Gasteiger partial charge in [0.05, 0.1) is 12.7 Å². The molecule has 1 amide bonds. The molecule has 1 aliphatic rings. The van der Waals surface area contributed by atoms with Gasteiger partial charge < -0.3 is 4.74 Å². The van der Waals surface area contributed by atoms with E-state index in [1.807, 2.05) is 0 Å². The van der Waals surface area contributed by atoms with Gasteiger partial charge in [-0.2, -0.15) is 26.9 Å². The van der Waals surface area contributed by atoms with Crippen LogP contribution in [-0.2, 0) is 10.0 Å². The molecule has 1 aromatic heterocycles. The standard InChI is InChI=1S/C16H12F4N2O4S/c1-6(2)8-4-7(26-3)5-9-10(8)16(23)22(27(9,24)25)13-11(17)14(19)21-15(20)12(13)18/h4-6H,1-3H3. The smallest absolute Gasteiger partial charge is 0.274 e. The lowest BCUT2D eigenvalue weighted by Gasteiger charge is -2.16. The molecule has 0 spiro atoms. The van der Waals surface area contributed by atoms with E-state index in [1.54, 1.807) is 13.8 Å². The summed E-state index contributed by atoms with van der Waals surface area (Å²) in [4.78, 5) is 14.6. The van der Waals surface area contributed by atoms with Gasteiger partial charge in [0.25, 0.3) is 27.8 Å². The first-order valence-electron chi connectivity index (χ1n) is 7.53. The van der Waals surface area contributed by atoms with E-state index < -0.39 is 50.0 Å². The lowest BCUT2D eigenvalue weighted by Crippen LogP contribution is -2.32. The van der Waals surface area contributed by atoms with E-state index in [0.717, 1.165) is 6.07 Å². The molecule has 1 aliphatic heterocycles. The highest BCUT2D eigenvalue weighted by Gasteiger charge is 2.48. The van der Waals surface area contributed by atoms with Gasteiger partial charge in [0.15, 0.2) is 0 Å². The predicted octanol–water partition coefficient (Wildman–Crippen LogP) is 3.12. The number of halogens is 4. The van der Waals surface area contributed by atoms with Crippen LogP contribution < -0.4 is 9.04 Å². The highest BCUT2D eigenvalue weighted by Crippen LogP contribution is 2.42. The molecule has 2 heterocycles. The third-order valence-electron chi connectivity index (χ3n) is 4.06. The van der Waals surface area contributed by atoms with Crippen LogP contribution in [0.15, 0.2) is 17.0 Å². The number of pyridine rings is 1. The van der Waals surface area contributed by atoms with Crippen molar-refractivity contribution in [3.63, 3.8) is 0 Å². The Morgan fingerprint density at radius 2 is 1.63 bits per heavy atom. The Morgan fingerprint density at radius 1 is 1.07 bits per heavy atom. The molecule has 0 aliphatic carbocycles. The third-order valence-corrected chi connectivity index (χ3v) is 5.76. The number of carbonyl (C=O) groups is 1. The zero-order valence-corrected chi connectivity index (χ0v) is 15.0. The summed E-state index contributed by atoms with van der Waals surface area (Å²) in [6.45, 7) is 3.31. The Kier molecular flexibility index (Phi) is 4.37. The number of sulfonamides is 1. The van der Waals surface area contributed by atoms with Crippen molar-refractivity contribution in [3.05, 3.63) is 46.8 Å². The Labute approximate surface area is 151 Å². The summed E-state index contributed by atoms with van der Waals surface area (Å²) in [7, 11) is -3.59. The molecular formula is C16H12F4N2O4S. The molecule has 0 atom stereocenters. The molecule has 0 saturated carbocycles. The molecule has 3 rings (SSSR count). The van der Waals surface area contributed by atoms with Gasteiger partial charge in [-0.15, -0.1) is 0 Å². The summed E-state index contributed by atoms with van der Waals surface area (Å²) in [5, 5.41) is 0. The summed E-state index contributed by atoms with van der Waals surface area (Å²) in [5.74, 6) is -9.97. The number of fused-ring (bicyclic) bond motifs is 1. The van der Waals surface area contributed by atoms with Crippen LogP contribution >= 0.6 is 0 Å². The number of anilines is 1. The van der Waals surface area contributed by atoms with Gasteiger partial charge in [-0.05, 0) is 17.5 Å². The van der Waals surface area contributed by atoms with E-state index in [-0.39, 0.29) is 27.1 Å². The van der Waals surface area contributed by atoms with E-state index >= 15 is 0 Å². The third kappa shape index (κ3) is 2.64. The van der Waals surface area contributed by atoms with Crippen molar-refractivity contribution in [2.24, 2.45) is 0 Å². The SMILES string of the molecule is COc1cc(C(C)C)c2c(c1)S(=O)(=O)N(c1c(F)c(F)nc(F)c1F)C2=O. The Hall–Kier alpha value is -2.69. The van der Waals surface area contributed by atoms with Gasteiger partial charge in [-0.3, -0.25) is 4.79 Å². The zero-order chi connectivity index (χ0) is 20.3. The number of aromatic nitrogens is 1. The molecule has 0 unspecified atom stereocenters. The van der Waals surface area contributed by atoms with Gasteiger partial charge in [-0.1, -0.05) is 13.8 Å². The van der Waals surface area contributed by atoms with Crippen molar-refractivity contribution in [1.82, 2.24) is 4.98 Å².